The van der Waals surface area contributed by atoms with Crippen molar-refractivity contribution in [2.45, 2.75) is 42.8 Å². The van der Waals surface area contributed by atoms with Crippen molar-refractivity contribution in [3.8, 4) is 0 Å². The molecule has 0 spiro atoms. The first-order valence-corrected chi connectivity index (χ1v) is 5.70. The molecule has 0 bridgehead atoms. The van der Waals surface area contributed by atoms with Crippen molar-refractivity contribution in [3.63, 3.8) is 0 Å². The first-order valence-electron chi connectivity index (χ1n) is 5.70. The number of alkyl halides is 3. The molecule has 0 aliphatic heterocycles. The Kier molecular flexibility index (Phi) is 1.95. The maximum absolute atomic E-state index is 12.4. The van der Waals surface area contributed by atoms with Gasteiger partial charge in [-0.2, -0.15) is 13.2 Å². The first kappa shape index (κ1) is 11.0. The van der Waals surface area contributed by atoms with Crippen molar-refractivity contribution in [2.75, 3.05) is 0 Å². The third-order valence-electron chi connectivity index (χ3n) is 4.10. The number of halogens is 3. The van der Waals surface area contributed by atoms with Crippen LogP contribution in [-0.4, -0.2) is 10.5 Å². The van der Waals surface area contributed by atoms with Crippen molar-refractivity contribution in [3.05, 3.63) is 29.6 Å². The summed E-state index contributed by atoms with van der Waals surface area (Å²) in [7, 11) is 0. The van der Waals surface area contributed by atoms with Crippen molar-refractivity contribution >= 4 is 0 Å². The third kappa shape index (κ3) is 1.56. The molecule has 3 rings (SSSR count). The summed E-state index contributed by atoms with van der Waals surface area (Å²) in [6.07, 6.45) is 0.854. The zero-order chi connectivity index (χ0) is 12.3. The van der Waals surface area contributed by atoms with Crippen LogP contribution in [0.1, 0.15) is 36.9 Å². The number of hydrogen-bond donors (Lipinski definition) is 1. The highest BCUT2D eigenvalue weighted by Crippen LogP contribution is 2.63. The van der Waals surface area contributed by atoms with Crippen LogP contribution >= 0.6 is 0 Å². The summed E-state index contributed by atoms with van der Waals surface area (Å²) in [5, 5.41) is 0. The van der Waals surface area contributed by atoms with E-state index in [1.807, 2.05) is 0 Å². The Balaban J connectivity index is 1.91. The fourth-order valence-electron chi connectivity index (χ4n) is 2.66. The Bertz CT molecular complexity index is 442. The van der Waals surface area contributed by atoms with Crippen LogP contribution in [0, 0.1) is 0 Å². The van der Waals surface area contributed by atoms with E-state index in [1.165, 1.54) is 12.3 Å². The van der Waals surface area contributed by atoms with E-state index >= 15 is 0 Å². The van der Waals surface area contributed by atoms with Crippen LogP contribution in [0.4, 0.5) is 13.2 Å². The summed E-state index contributed by atoms with van der Waals surface area (Å²) in [6, 6.07) is 2.59. The number of nitrogens with two attached hydrogens (primary N) is 1. The molecule has 0 radical (unpaired) electrons. The van der Waals surface area contributed by atoms with Gasteiger partial charge in [-0.1, -0.05) is 6.07 Å². The molecular weight excluding hydrogens is 229 g/mol. The average molecular weight is 242 g/mol. The molecule has 2 saturated carbocycles. The van der Waals surface area contributed by atoms with Gasteiger partial charge in [-0.15, -0.1) is 0 Å². The normalized spacial score (nSPS) is 24.5. The number of rotatable bonds is 2. The van der Waals surface area contributed by atoms with E-state index in [0.717, 1.165) is 37.3 Å². The molecule has 0 atom stereocenters. The lowest BCUT2D eigenvalue weighted by Crippen LogP contribution is -2.37. The minimum absolute atomic E-state index is 0.0931. The number of nitrogens with zero attached hydrogens (tertiary/aromatic N) is 1. The lowest BCUT2D eigenvalue weighted by Gasteiger charge is -2.23. The zero-order valence-electron chi connectivity index (χ0n) is 9.22. The van der Waals surface area contributed by atoms with Crippen molar-refractivity contribution in [1.29, 1.82) is 0 Å². The van der Waals surface area contributed by atoms with Crippen molar-refractivity contribution in [1.82, 2.24) is 4.98 Å². The van der Waals surface area contributed by atoms with Crippen LogP contribution in [-0.2, 0) is 11.6 Å². The lowest BCUT2D eigenvalue weighted by molar-refractivity contribution is -0.141. The van der Waals surface area contributed by atoms with Crippen LogP contribution in [0.15, 0.2) is 18.3 Å². The van der Waals surface area contributed by atoms with Crippen molar-refractivity contribution < 1.29 is 13.2 Å². The summed E-state index contributed by atoms with van der Waals surface area (Å²) < 4.78 is 37.2. The predicted octanol–water partition coefficient (Wildman–Crippen LogP) is 2.62. The molecular formula is C12H13F3N2. The van der Waals surface area contributed by atoms with E-state index in [-0.39, 0.29) is 11.0 Å². The SMILES string of the molecule is NC1(C2(c3ccc(C(F)(F)F)nc3)CC2)CC1. The second-order valence-electron chi connectivity index (χ2n) is 5.17. The molecule has 1 heterocycles. The Morgan fingerprint density at radius 3 is 2.12 bits per heavy atom. The van der Waals surface area contributed by atoms with Gasteiger partial charge < -0.3 is 5.73 Å². The van der Waals surface area contributed by atoms with Gasteiger partial charge in [0.05, 0.1) is 0 Å². The van der Waals surface area contributed by atoms with Gasteiger partial charge in [0.25, 0.3) is 0 Å². The molecule has 0 aromatic carbocycles. The first-order chi connectivity index (χ1) is 7.87. The summed E-state index contributed by atoms with van der Waals surface area (Å²) >= 11 is 0. The van der Waals surface area contributed by atoms with Crippen LogP contribution in [0.3, 0.4) is 0 Å². The highest BCUT2D eigenvalue weighted by atomic mass is 19.4. The van der Waals surface area contributed by atoms with Gasteiger partial charge in [-0.3, -0.25) is 4.98 Å². The second-order valence-corrected chi connectivity index (χ2v) is 5.17. The minimum atomic E-state index is -4.37. The van der Waals surface area contributed by atoms with Crippen LogP contribution in [0.2, 0.25) is 0 Å². The molecule has 92 valence electrons. The maximum Gasteiger partial charge on any atom is 0.433 e. The van der Waals surface area contributed by atoms with Gasteiger partial charge in [0.1, 0.15) is 5.69 Å². The summed E-state index contributed by atoms with van der Waals surface area (Å²) in [4.78, 5) is 3.52. The molecule has 2 aliphatic carbocycles. The Labute approximate surface area is 97.0 Å². The van der Waals surface area contributed by atoms with Gasteiger partial charge in [0.15, 0.2) is 0 Å². The Morgan fingerprint density at radius 1 is 1.12 bits per heavy atom. The summed E-state index contributed by atoms with van der Waals surface area (Å²) in [6.45, 7) is 0. The third-order valence-corrected chi connectivity index (χ3v) is 4.10. The largest absolute Gasteiger partial charge is 0.433 e. The molecule has 17 heavy (non-hydrogen) atoms. The molecule has 0 unspecified atom stereocenters. The average Bonchev–Trinajstić information content (AvgIpc) is 3.12. The molecule has 2 N–H and O–H groups in total. The molecule has 1 aromatic heterocycles. The molecule has 0 saturated heterocycles. The van der Waals surface area contributed by atoms with Crippen LogP contribution in [0.25, 0.3) is 0 Å². The van der Waals surface area contributed by atoms with Gasteiger partial charge >= 0.3 is 6.18 Å². The predicted molar refractivity (Wildman–Crippen MR) is 56.3 cm³/mol. The lowest BCUT2D eigenvalue weighted by atomic mass is 9.87. The van der Waals surface area contributed by atoms with E-state index in [1.54, 1.807) is 0 Å². The number of aromatic nitrogens is 1. The monoisotopic (exact) mass is 242 g/mol. The van der Waals surface area contributed by atoms with E-state index in [4.69, 9.17) is 5.73 Å². The fourth-order valence-corrected chi connectivity index (χ4v) is 2.66. The second kappa shape index (κ2) is 3.02. The maximum atomic E-state index is 12.4. The molecule has 5 heteroatoms. The number of hydrogen-bond acceptors (Lipinski definition) is 2. The Hall–Kier alpha value is -1.10. The summed E-state index contributed by atoms with van der Waals surface area (Å²) in [5.74, 6) is 0. The highest BCUT2D eigenvalue weighted by molar-refractivity contribution is 5.39. The van der Waals surface area contributed by atoms with E-state index < -0.39 is 11.9 Å². The minimum Gasteiger partial charge on any atom is -0.324 e. The van der Waals surface area contributed by atoms with Gasteiger partial charge in [0.2, 0.25) is 0 Å². The quantitative estimate of drug-likeness (QED) is 0.865. The van der Waals surface area contributed by atoms with Crippen LogP contribution < -0.4 is 5.73 Å². The van der Waals surface area contributed by atoms with Crippen molar-refractivity contribution in [2.24, 2.45) is 5.73 Å². The molecule has 2 aliphatic rings. The van der Waals surface area contributed by atoms with Crippen LogP contribution in [0.5, 0.6) is 0 Å². The van der Waals surface area contributed by atoms with Gasteiger partial charge in [0, 0.05) is 17.2 Å². The van der Waals surface area contributed by atoms with Gasteiger partial charge in [-0.05, 0) is 37.3 Å². The molecule has 0 amide bonds. The van der Waals surface area contributed by atoms with E-state index in [2.05, 4.69) is 4.98 Å². The molecule has 2 nitrogen and oxygen atoms in total. The smallest absolute Gasteiger partial charge is 0.324 e. The molecule has 2 fully saturated rings. The highest BCUT2D eigenvalue weighted by Gasteiger charge is 2.64. The van der Waals surface area contributed by atoms with Gasteiger partial charge in [-0.25, -0.2) is 0 Å². The fraction of sp³-hybridized carbons (Fsp3) is 0.583. The molecule has 1 aromatic rings. The van der Waals surface area contributed by atoms with E-state index in [0.29, 0.717) is 0 Å². The number of pyridine rings is 1. The Morgan fingerprint density at radius 2 is 1.76 bits per heavy atom. The van der Waals surface area contributed by atoms with E-state index in [9.17, 15) is 13.2 Å². The standard InChI is InChI=1S/C12H13F3N2/c13-12(14,15)9-2-1-8(7-17-9)10(3-4-10)11(16)5-6-11/h1-2,7H,3-6,16H2. The summed E-state index contributed by atoms with van der Waals surface area (Å²) in [5.41, 5.74) is 5.95. The zero-order valence-corrected chi connectivity index (χ0v) is 9.22. The topological polar surface area (TPSA) is 38.9 Å².